The highest BCUT2D eigenvalue weighted by atomic mass is 16.5. The predicted molar refractivity (Wildman–Crippen MR) is 72.8 cm³/mol. The number of esters is 1. The number of carbonyl (C=O) groups excluding carboxylic acids is 1. The SMILES string of the molecule is CCOc1ncccc1NCc1cc(C(=O)OC)co1. The third kappa shape index (κ3) is 3.28. The van der Waals surface area contributed by atoms with Gasteiger partial charge >= 0.3 is 5.97 Å². The van der Waals surface area contributed by atoms with Gasteiger partial charge in [0.1, 0.15) is 12.0 Å². The fourth-order valence-electron chi connectivity index (χ4n) is 1.66. The molecule has 106 valence electrons. The van der Waals surface area contributed by atoms with Crippen molar-refractivity contribution in [3.8, 4) is 5.88 Å². The van der Waals surface area contributed by atoms with Crippen LogP contribution in [0.3, 0.4) is 0 Å². The van der Waals surface area contributed by atoms with Crippen molar-refractivity contribution >= 4 is 11.7 Å². The lowest BCUT2D eigenvalue weighted by molar-refractivity contribution is 0.0600. The molecule has 0 aliphatic heterocycles. The fraction of sp³-hybridized carbons (Fsp3) is 0.286. The van der Waals surface area contributed by atoms with Crippen molar-refractivity contribution in [2.24, 2.45) is 0 Å². The van der Waals surface area contributed by atoms with E-state index in [1.165, 1.54) is 13.4 Å². The van der Waals surface area contributed by atoms with Crippen molar-refractivity contribution < 1.29 is 18.7 Å². The van der Waals surface area contributed by atoms with Crippen LogP contribution in [0.25, 0.3) is 0 Å². The van der Waals surface area contributed by atoms with E-state index in [1.54, 1.807) is 12.3 Å². The Hall–Kier alpha value is -2.50. The third-order valence-electron chi connectivity index (χ3n) is 2.58. The molecule has 0 aliphatic carbocycles. The van der Waals surface area contributed by atoms with Gasteiger partial charge in [0.2, 0.25) is 5.88 Å². The number of hydrogen-bond acceptors (Lipinski definition) is 6. The van der Waals surface area contributed by atoms with E-state index in [0.29, 0.717) is 30.4 Å². The van der Waals surface area contributed by atoms with Crippen LogP contribution in [0.4, 0.5) is 5.69 Å². The lowest BCUT2D eigenvalue weighted by atomic mass is 10.3. The molecule has 0 amide bonds. The van der Waals surface area contributed by atoms with E-state index in [0.717, 1.165) is 5.69 Å². The van der Waals surface area contributed by atoms with Gasteiger partial charge in [0, 0.05) is 6.20 Å². The highest BCUT2D eigenvalue weighted by molar-refractivity contribution is 5.89. The molecule has 1 N–H and O–H groups in total. The number of nitrogens with one attached hydrogen (secondary N) is 1. The van der Waals surface area contributed by atoms with Gasteiger partial charge in [-0.3, -0.25) is 0 Å². The van der Waals surface area contributed by atoms with Crippen LogP contribution in [-0.4, -0.2) is 24.7 Å². The first-order valence-electron chi connectivity index (χ1n) is 6.22. The minimum absolute atomic E-state index is 0.389. The highest BCUT2D eigenvalue weighted by Crippen LogP contribution is 2.21. The van der Waals surface area contributed by atoms with E-state index >= 15 is 0 Å². The van der Waals surface area contributed by atoms with Crippen molar-refractivity contribution in [2.75, 3.05) is 19.0 Å². The molecule has 0 saturated carbocycles. The number of aromatic nitrogens is 1. The van der Waals surface area contributed by atoms with Gasteiger partial charge in [-0.15, -0.1) is 0 Å². The van der Waals surface area contributed by atoms with Gasteiger partial charge in [-0.05, 0) is 25.1 Å². The summed E-state index contributed by atoms with van der Waals surface area (Å²) in [5, 5.41) is 3.15. The number of ether oxygens (including phenoxy) is 2. The molecule has 0 atom stereocenters. The van der Waals surface area contributed by atoms with E-state index in [1.807, 2.05) is 19.1 Å². The van der Waals surface area contributed by atoms with Gasteiger partial charge in [0.15, 0.2) is 0 Å². The van der Waals surface area contributed by atoms with Crippen LogP contribution in [0.2, 0.25) is 0 Å². The topological polar surface area (TPSA) is 73.6 Å². The van der Waals surface area contributed by atoms with Crippen LogP contribution < -0.4 is 10.1 Å². The number of methoxy groups -OCH3 is 1. The monoisotopic (exact) mass is 276 g/mol. The van der Waals surface area contributed by atoms with Crippen LogP contribution in [0, 0.1) is 0 Å². The first kappa shape index (κ1) is 13.9. The van der Waals surface area contributed by atoms with Crippen molar-refractivity contribution in [3.05, 3.63) is 42.0 Å². The van der Waals surface area contributed by atoms with Gasteiger partial charge in [0.05, 0.1) is 31.5 Å². The first-order chi connectivity index (χ1) is 9.74. The Morgan fingerprint density at radius 1 is 1.50 bits per heavy atom. The number of nitrogens with zero attached hydrogens (tertiary/aromatic N) is 1. The molecule has 0 aromatic carbocycles. The molecule has 0 saturated heterocycles. The lowest BCUT2D eigenvalue weighted by Crippen LogP contribution is -2.03. The van der Waals surface area contributed by atoms with E-state index in [4.69, 9.17) is 9.15 Å². The molecule has 20 heavy (non-hydrogen) atoms. The van der Waals surface area contributed by atoms with Crippen LogP contribution in [0.15, 0.2) is 35.1 Å². The zero-order chi connectivity index (χ0) is 14.4. The van der Waals surface area contributed by atoms with E-state index < -0.39 is 5.97 Å². The molecule has 2 aromatic rings. The zero-order valence-electron chi connectivity index (χ0n) is 11.4. The van der Waals surface area contributed by atoms with E-state index in [-0.39, 0.29) is 0 Å². The molecule has 6 heteroatoms. The second-order valence-electron chi connectivity index (χ2n) is 3.94. The smallest absolute Gasteiger partial charge is 0.341 e. The molecule has 2 heterocycles. The zero-order valence-corrected chi connectivity index (χ0v) is 11.4. The maximum atomic E-state index is 11.3. The van der Waals surface area contributed by atoms with Gasteiger partial charge in [-0.25, -0.2) is 9.78 Å². The highest BCUT2D eigenvalue weighted by Gasteiger charge is 2.10. The maximum absolute atomic E-state index is 11.3. The fourth-order valence-corrected chi connectivity index (χ4v) is 1.66. The quantitative estimate of drug-likeness (QED) is 0.817. The second-order valence-corrected chi connectivity index (χ2v) is 3.94. The largest absolute Gasteiger partial charge is 0.476 e. The Bertz CT molecular complexity index is 580. The standard InChI is InChI=1S/C14H16N2O4/c1-3-19-13-12(5-4-6-15-13)16-8-11-7-10(9-20-11)14(17)18-2/h4-7,9,16H,3,8H2,1-2H3. The third-order valence-corrected chi connectivity index (χ3v) is 2.58. The van der Waals surface area contributed by atoms with E-state index in [2.05, 4.69) is 15.0 Å². The van der Waals surface area contributed by atoms with Crippen molar-refractivity contribution in [3.63, 3.8) is 0 Å². The maximum Gasteiger partial charge on any atom is 0.341 e. The average molecular weight is 276 g/mol. The normalized spacial score (nSPS) is 10.1. The number of furan rings is 1. The summed E-state index contributed by atoms with van der Waals surface area (Å²) in [6.45, 7) is 2.86. The summed E-state index contributed by atoms with van der Waals surface area (Å²) in [6, 6.07) is 5.31. The molecule has 0 aliphatic rings. The molecule has 0 spiro atoms. The molecular formula is C14H16N2O4. The second kappa shape index (κ2) is 6.60. The van der Waals surface area contributed by atoms with Crippen molar-refractivity contribution in [1.29, 1.82) is 0 Å². The van der Waals surface area contributed by atoms with Crippen LogP contribution in [0.1, 0.15) is 23.0 Å². The number of carbonyl (C=O) groups is 1. The number of anilines is 1. The number of hydrogen-bond donors (Lipinski definition) is 1. The average Bonchev–Trinajstić information content (AvgIpc) is 2.95. The van der Waals surface area contributed by atoms with Crippen LogP contribution in [0.5, 0.6) is 5.88 Å². The van der Waals surface area contributed by atoms with Crippen LogP contribution in [-0.2, 0) is 11.3 Å². The van der Waals surface area contributed by atoms with Gasteiger partial charge in [0.25, 0.3) is 0 Å². The lowest BCUT2D eigenvalue weighted by Gasteiger charge is -2.09. The molecule has 0 unspecified atom stereocenters. The molecular weight excluding hydrogens is 260 g/mol. The Kier molecular flexibility index (Phi) is 4.60. The summed E-state index contributed by atoms with van der Waals surface area (Å²) in [6.07, 6.45) is 3.04. The molecule has 6 nitrogen and oxygen atoms in total. The molecule has 0 radical (unpaired) electrons. The molecule has 2 rings (SSSR count). The summed E-state index contributed by atoms with van der Waals surface area (Å²) >= 11 is 0. The molecule has 0 bridgehead atoms. The first-order valence-corrected chi connectivity index (χ1v) is 6.22. The number of pyridine rings is 1. The molecule has 0 fully saturated rings. The predicted octanol–water partition coefficient (Wildman–Crippen LogP) is 2.47. The van der Waals surface area contributed by atoms with Gasteiger partial charge in [-0.1, -0.05) is 0 Å². The van der Waals surface area contributed by atoms with Crippen molar-refractivity contribution in [1.82, 2.24) is 4.98 Å². The Morgan fingerprint density at radius 3 is 3.10 bits per heavy atom. The minimum Gasteiger partial charge on any atom is -0.476 e. The van der Waals surface area contributed by atoms with Gasteiger partial charge < -0.3 is 19.2 Å². The summed E-state index contributed by atoms with van der Waals surface area (Å²) in [5.41, 5.74) is 1.16. The summed E-state index contributed by atoms with van der Waals surface area (Å²) in [4.78, 5) is 15.4. The minimum atomic E-state index is -0.420. The summed E-state index contributed by atoms with van der Waals surface area (Å²) in [7, 11) is 1.33. The van der Waals surface area contributed by atoms with Gasteiger partial charge in [-0.2, -0.15) is 0 Å². The molecule has 2 aromatic heterocycles. The Morgan fingerprint density at radius 2 is 2.35 bits per heavy atom. The Labute approximate surface area is 116 Å². The van der Waals surface area contributed by atoms with Crippen molar-refractivity contribution in [2.45, 2.75) is 13.5 Å². The summed E-state index contributed by atoms with van der Waals surface area (Å²) in [5.74, 6) is 0.739. The summed E-state index contributed by atoms with van der Waals surface area (Å²) < 4.78 is 15.3. The van der Waals surface area contributed by atoms with Crippen LogP contribution >= 0.6 is 0 Å². The van der Waals surface area contributed by atoms with E-state index in [9.17, 15) is 4.79 Å². The number of rotatable bonds is 6. The Balaban J connectivity index is 2.02.